The number of carboxylic acid groups (broad SMARTS) is 1. The molecule has 10 nitrogen and oxygen atoms in total. The van der Waals surface area contributed by atoms with Crippen LogP contribution in [0.25, 0.3) is 11.3 Å². The number of pyridine rings is 2. The SMILES string of the molecule is O=C(O)c1ccnc(N2CCC(O)(c3ccc(OCc4c(-c5c(Cl)c[n+]([O-])cc5Cl)noc4C4CC4)cc3Cl)CC2)c1. The second-order valence-electron chi connectivity index (χ2n) is 10.5. The monoisotopic (exact) mass is 630 g/mol. The van der Waals surface area contributed by atoms with Crippen LogP contribution in [-0.2, 0) is 12.2 Å². The van der Waals surface area contributed by atoms with Gasteiger partial charge in [-0.15, -0.1) is 0 Å². The molecule has 1 aliphatic heterocycles. The van der Waals surface area contributed by atoms with E-state index in [0.717, 1.165) is 12.8 Å². The lowest BCUT2D eigenvalue weighted by Crippen LogP contribution is -2.43. The Labute approximate surface area is 255 Å². The molecule has 1 aromatic carbocycles. The number of aliphatic hydroxyl groups is 1. The number of hydrogen-bond donors (Lipinski definition) is 2. The molecule has 2 N–H and O–H groups in total. The Kier molecular flexibility index (Phi) is 7.65. The third-order valence-corrected chi connectivity index (χ3v) is 8.58. The minimum Gasteiger partial charge on any atom is -0.619 e. The first-order chi connectivity index (χ1) is 20.1. The van der Waals surface area contributed by atoms with Gasteiger partial charge >= 0.3 is 5.97 Å². The van der Waals surface area contributed by atoms with Gasteiger partial charge in [0.25, 0.3) is 0 Å². The Morgan fingerprint density at radius 2 is 1.83 bits per heavy atom. The number of nitrogens with zero attached hydrogens (tertiary/aromatic N) is 4. The van der Waals surface area contributed by atoms with Gasteiger partial charge in [0.2, 0.25) is 0 Å². The van der Waals surface area contributed by atoms with Crippen molar-refractivity contribution in [2.75, 3.05) is 18.0 Å². The van der Waals surface area contributed by atoms with E-state index < -0.39 is 11.6 Å². The second kappa shape index (κ2) is 11.3. The first-order valence-corrected chi connectivity index (χ1v) is 14.4. The van der Waals surface area contributed by atoms with Crippen molar-refractivity contribution in [3.63, 3.8) is 0 Å². The highest BCUT2D eigenvalue weighted by atomic mass is 35.5. The Balaban J connectivity index is 1.18. The maximum absolute atomic E-state index is 11.8. The van der Waals surface area contributed by atoms with Crippen LogP contribution in [0.3, 0.4) is 0 Å². The highest BCUT2D eigenvalue weighted by Gasteiger charge is 2.37. The standard InChI is InChI=1S/C29H25Cl3N4O6/c30-21-12-18(3-4-20(21)29(39)6-9-35(10-7-29)24-11-17(28(37)38)5-8-33-24)41-15-19-26(34-42-27(19)16-1-2-16)25-22(31)13-36(40)14-23(25)32/h3-5,8,11-14,16,39H,1-2,6-7,9-10,15H2,(H,37,38). The Bertz CT molecular complexity index is 1640. The molecule has 1 saturated carbocycles. The van der Waals surface area contributed by atoms with E-state index in [1.54, 1.807) is 18.2 Å². The zero-order valence-corrected chi connectivity index (χ0v) is 24.4. The maximum atomic E-state index is 11.8. The fraction of sp³-hybridized carbons (Fsp3) is 0.310. The predicted molar refractivity (Wildman–Crippen MR) is 155 cm³/mol. The second-order valence-corrected chi connectivity index (χ2v) is 11.7. The Morgan fingerprint density at radius 3 is 2.48 bits per heavy atom. The molecule has 0 bridgehead atoms. The van der Waals surface area contributed by atoms with Gasteiger partial charge in [0.15, 0.2) is 12.4 Å². The van der Waals surface area contributed by atoms with Crippen molar-refractivity contribution in [1.82, 2.24) is 10.1 Å². The van der Waals surface area contributed by atoms with Gasteiger partial charge in [-0.2, -0.15) is 4.73 Å². The minimum atomic E-state index is -1.17. The summed E-state index contributed by atoms with van der Waals surface area (Å²) in [7, 11) is 0. The summed E-state index contributed by atoms with van der Waals surface area (Å²) in [5.74, 6) is 0.938. The normalized spacial score (nSPS) is 16.4. The zero-order chi connectivity index (χ0) is 29.6. The summed E-state index contributed by atoms with van der Waals surface area (Å²) in [6, 6.07) is 8.13. The van der Waals surface area contributed by atoms with E-state index in [0.29, 0.717) is 75.4 Å². The van der Waals surface area contributed by atoms with Crippen LogP contribution in [0.15, 0.2) is 53.4 Å². The summed E-state index contributed by atoms with van der Waals surface area (Å²) in [4.78, 5) is 17.6. The Morgan fingerprint density at radius 1 is 1.12 bits per heavy atom. The molecule has 4 aromatic rings. The topological polar surface area (TPSA) is 136 Å². The lowest BCUT2D eigenvalue weighted by atomic mass is 9.84. The number of carbonyl (C=O) groups is 1. The smallest absolute Gasteiger partial charge is 0.335 e. The van der Waals surface area contributed by atoms with Crippen molar-refractivity contribution in [2.45, 2.75) is 43.8 Å². The van der Waals surface area contributed by atoms with Gasteiger partial charge in [0.1, 0.15) is 39.7 Å². The lowest BCUT2D eigenvalue weighted by Gasteiger charge is -2.39. The first-order valence-electron chi connectivity index (χ1n) is 13.3. The minimum absolute atomic E-state index is 0.0981. The van der Waals surface area contributed by atoms with Crippen molar-refractivity contribution in [2.24, 2.45) is 0 Å². The third kappa shape index (κ3) is 5.59. The van der Waals surface area contributed by atoms with Crippen molar-refractivity contribution < 1.29 is 29.0 Å². The van der Waals surface area contributed by atoms with Crippen LogP contribution < -0.4 is 14.4 Å². The third-order valence-electron chi connectivity index (χ3n) is 7.69. The van der Waals surface area contributed by atoms with Crippen LogP contribution in [0.2, 0.25) is 15.1 Å². The zero-order valence-electron chi connectivity index (χ0n) is 22.1. The molecule has 218 valence electrons. The number of piperidine rings is 1. The van der Waals surface area contributed by atoms with Crippen molar-refractivity contribution in [1.29, 1.82) is 0 Å². The number of hydrogen-bond acceptors (Lipinski definition) is 8. The summed E-state index contributed by atoms with van der Waals surface area (Å²) in [6.07, 6.45) is 6.57. The molecule has 2 fully saturated rings. The molecule has 0 atom stereocenters. The molecule has 0 unspecified atom stereocenters. The summed E-state index contributed by atoms with van der Waals surface area (Å²) >= 11 is 19.4. The van der Waals surface area contributed by atoms with Crippen LogP contribution >= 0.6 is 34.8 Å². The largest absolute Gasteiger partial charge is 0.619 e. The highest BCUT2D eigenvalue weighted by molar-refractivity contribution is 6.38. The van der Waals surface area contributed by atoms with Gasteiger partial charge in [-0.25, -0.2) is 9.78 Å². The van der Waals surface area contributed by atoms with Gasteiger partial charge in [-0.3, -0.25) is 0 Å². The summed E-state index contributed by atoms with van der Waals surface area (Å²) in [5.41, 5.74) is 1.08. The molecule has 3 aromatic heterocycles. The fourth-order valence-corrected chi connectivity index (χ4v) is 6.24. The van der Waals surface area contributed by atoms with Gasteiger partial charge < -0.3 is 29.6 Å². The lowest BCUT2D eigenvalue weighted by molar-refractivity contribution is -0.605. The quantitative estimate of drug-likeness (QED) is 0.178. The first kappa shape index (κ1) is 28.5. The molecule has 13 heteroatoms. The van der Waals surface area contributed by atoms with E-state index in [1.165, 1.54) is 30.7 Å². The number of ether oxygens (including phenoxy) is 1. The molecule has 6 rings (SSSR count). The molecule has 2 aliphatic rings. The maximum Gasteiger partial charge on any atom is 0.335 e. The number of carboxylic acids is 1. The number of benzene rings is 1. The fourth-order valence-electron chi connectivity index (χ4n) is 5.27. The van der Waals surface area contributed by atoms with Crippen LogP contribution in [0, 0.1) is 5.21 Å². The average molecular weight is 632 g/mol. The molecule has 1 saturated heterocycles. The molecule has 4 heterocycles. The summed E-state index contributed by atoms with van der Waals surface area (Å²) in [6.45, 7) is 1.04. The molecular weight excluding hydrogens is 607 g/mol. The molecule has 1 aliphatic carbocycles. The van der Waals surface area contributed by atoms with E-state index in [2.05, 4.69) is 10.1 Å². The number of rotatable bonds is 8. The van der Waals surface area contributed by atoms with E-state index in [9.17, 15) is 20.2 Å². The van der Waals surface area contributed by atoms with Crippen LogP contribution in [0.5, 0.6) is 5.75 Å². The summed E-state index contributed by atoms with van der Waals surface area (Å²) < 4.78 is 12.3. The predicted octanol–water partition coefficient (Wildman–Crippen LogP) is 5.97. The number of aromatic carboxylic acids is 1. The van der Waals surface area contributed by atoms with Crippen LogP contribution in [0.4, 0.5) is 5.82 Å². The van der Waals surface area contributed by atoms with Crippen LogP contribution in [-0.4, -0.2) is 39.4 Å². The van der Waals surface area contributed by atoms with E-state index in [-0.39, 0.29) is 28.1 Å². The van der Waals surface area contributed by atoms with Gasteiger partial charge in [-0.05, 0) is 49.9 Å². The highest BCUT2D eigenvalue weighted by Crippen LogP contribution is 2.46. The van der Waals surface area contributed by atoms with Gasteiger partial charge in [0, 0.05) is 30.8 Å². The van der Waals surface area contributed by atoms with Crippen molar-refractivity contribution >= 4 is 46.6 Å². The average Bonchev–Trinajstić information content (AvgIpc) is 3.72. The number of halogens is 3. The van der Waals surface area contributed by atoms with Gasteiger partial charge in [-0.1, -0.05) is 46.0 Å². The van der Waals surface area contributed by atoms with Crippen molar-refractivity contribution in [3.05, 3.63) is 91.6 Å². The van der Waals surface area contributed by atoms with Crippen molar-refractivity contribution in [3.8, 4) is 17.0 Å². The molecule has 42 heavy (non-hydrogen) atoms. The molecule has 0 radical (unpaired) electrons. The number of aromatic nitrogens is 3. The number of anilines is 1. The van der Waals surface area contributed by atoms with E-state index in [1.807, 2.05) is 4.90 Å². The van der Waals surface area contributed by atoms with E-state index >= 15 is 0 Å². The molecule has 0 amide bonds. The van der Waals surface area contributed by atoms with E-state index in [4.69, 9.17) is 44.1 Å². The molecule has 0 spiro atoms. The summed E-state index contributed by atoms with van der Waals surface area (Å²) in [5, 5.41) is 37.4. The van der Waals surface area contributed by atoms with Crippen LogP contribution in [0.1, 0.15) is 58.8 Å². The Hall–Kier alpha value is -3.57. The van der Waals surface area contributed by atoms with Gasteiger partial charge in [0.05, 0.1) is 27.3 Å². The molecular formula is C29H25Cl3N4O6.